The highest BCUT2D eigenvalue weighted by Crippen LogP contribution is 2.66. The summed E-state index contributed by atoms with van der Waals surface area (Å²) in [5.74, 6) is -23.8. The fourth-order valence-corrected chi connectivity index (χ4v) is 8.19. The van der Waals surface area contributed by atoms with E-state index in [1.54, 1.807) is 0 Å². The molecule has 3 fully saturated rings. The first-order valence-corrected chi connectivity index (χ1v) is 14.2. The number of phenolic OH excluding ortho intramolecular Hbond substituents is 1. The van der Waals surface area contributed by atoms with Gasteiger partial charge in [-0.05, 0) is 37.0 Å². The number of hydrogen-bond donors (Lipinski definition) is 2. The number of imide groups is 4. The number of benzene rings is 2. The second-order valence-corrected chi connectivity index (χ2v) is 12.9. The lowest BCUT2D eigenvalue weighted by Gasteiger charge is -2.50. The molecule has 0 spiro atoms. The fourth-order valence-electron chi connectivity index (χ4n) is 6.89. The molecule has 4 aliphatic rings. The Morgan fingerprint density at radius 2 is 1.52 bits per heavy atom. The molecule has 44 heavy (non-hydrogen) atoms. The number of anilines is 1. The molecular formula is C27H15BrCl2F5N3O6. The molecule has 6 atom stereocenters. The molecule has 6 unspecified atom stereocenters. The summed E-state index contributed by atoms with van der Waals surface area (Å²) in [6.45, 7) is 0. The lowest BCUT2D eigenvalue weighted by atomic mass is 9.56. The Balaban J connectivity index is 1.62. The van der Waals surface area contributed by atoms with Crippen molar-refractivity contribution in [3.8, 4) is 5.75 Å². The predicted octanol–water partition coefficient (Wildman–Crippen LogP) is 4.49. The zero-order valence-electron chi connectivity index (χ0n) is 21.5. The molecule has 2 aliphatic heterocycles. The number of urea groups is 1. The monoisotopic (exact) mass is 721 g/mol. The first kappa shape index (κ1) is 30.5. The van der Waals surface area contributed by atoms with Crippen LogP contribution in [0.4, 0.5) is 32.4 Å². The quantitative estimate of drug-likeness (QED) is 0.117. The maximum Gasteiger partial charge on any atom is 0.328 e. The van der Waals surface area contributed by atoms with Gasteiger partial charge in [0.1, 0.15) is 11.4 Å². The van der Waals surface area contributed by atoms with E-state index in [1.807, 2.05) is 0 Å². The van der Waals surface area contributed by atoms with Crippen molar-refractivity contribution in [1.29, 1.82) is 0 Å². The van der Waals surface area contributed by atoms with Crippen LogP contribution in [0.25, 0.3) is 0 Å². The molecular weight excluding hydrogens is 708 g/mol. The fraction of sp³-hybridized carbons (Fsp3) is 0.296. The maximum atomic E-state index is 15.0. The van der Waals surface area contributed by atoms with E-state index in [0.29, 0.717) is 4.47 Å². The van der Waals surface area contributed by atoms with E-state index in [0.717, 1.165) is 0 Å². The number of aromatic hydroxyl groups is 1. The van der Waals surface area contributed by atoms with E-state index < -0.39 is 110 Å². The summed E-state index contributed by atoms with van der Waals surface area (Å²) in [6.07, 6.45) is 0.451. The van der Waals surface area contributed by atoms with Gasteiger partial charge in [-0.1, -0.05) is 27.6 Å². The molecule has 2 saturated heterocycles. The minimum atomic E-state index is -2.80. The van der Waals surface area contributed by atoms with E-state index in [4.69, 9.17) is 28.9 Å². The van der Waals surface area contributed by atoms with Gasteiger partial charge in [-0.25, -0.2) is 31.6 Å². The zero-order valence-corrected chi connectivity index (χ0v) is 24.6. The number of halogens is 8. The van der Waals surface area contributed by atoms with Gasteiger partial charge in [0.2, 0.25) is 17.6 Å². The molecule has 0 radical (unpaired) electrons. The molecule has 0 bridgehead atoms. The Labute approximate surface area is 261 Å². The number of carbonyl (C=O) groups excluding carboxylic acids is 5. The summed E-state index contributed by atoms with van der Waals surface area (Å²) in [5, 5.41) is 10.9. The molecule has 1 saturated carbocycles. The number of fused-ring (bicyclic) bond motifs is 4. The summed E-state index contributed by atoms with van der Waals surface area (Å²) in [6, 6.07) is 2.48. The third-order valence-corrected chi connectivity index (χ3v) is 10.6. The molecule has 230 valence electrons. The molecule has 2 aromatic carbocycles. The van der Waals surface area contributed by atoms with Gasteiger partial charge in [0.15, 0.2) is 33.0 Å². The van der Waals surface area contributed by atoms with Gasteiger partial charge in [0, 0.05) is 16.0 Å². The van der Waals surface area contributed by atoms with E-state index in [2.05, 4.69) is 15.9 Å². The van der Waals surface area contributed by atoms with E-state index >= 15 is 8.78 Å². The van der Waals surface area contributed by atoms with Crippen LogP contribution in [0, 0.1) is 46.8 Å². The third kappa shape index (κ3) is 3.59. The Morgan fingerprint density at radius 3 is 2.11 bits per heavy atom. The second-order valence-electron chi connectivity index (χ2n) is 10.7. The first-order chi connectivity index (χ1) is 20.5. The van der Waals surface area contributed by atoms with Crippen molar-refractivity contribution in [2.75, 3.05) is 4.90 Å². The third-order valence-electron chi connectivity index (χ3n) is 8.74. The Hall–Kier alpha value is -3.56. The first-order valence-electron chi connectivity index (χ1n) is 12.6. The number of phenols is 1. The van der Waals surface area contributed by atoms with Crippen molar-refractivity contribution in [3.63, 3.8) is 0 Å². The minimum absolute atomic E-state index is 0.0961. The highest BCUT2D eigenvalue weighted by molar-refractivity contribution is 9.10. The van der Waals surface area contributed by atoms with Gasteiger partial charge in [0.25, 0.3) is 11.8 Å². The smallest absolute Gasteiger partial charge is 0.328 e. The van der Waals surface area contributed by atoms with Crippen LogP contribution in [0.5, 0.6) is 5.75 Å². The molecule has 9 nitrogen and oxygen atoms in total. The summed E-state index contributed by atoms with van der Waals surface area (Å²) in [7, 11) is 0. The summed E-state index contributed by atoms with van der Waals surface area (Å²) >= 11 is 17.1. The van der Waals surface area contributed by atoms with Gasteiger partial charge in [0.05, 0.1) is 11.8 Å². The van der Waals surface area contributed by atoms with Crippen LogP contribution in [-0.4, -0.2) is 49.4 Å². The van der Waals surface area contributed by atoms with Crippen LogP contribution in [0.2, 0.25) is 0 Å². The van der Waals surface area contributed by atoms with E-state index in [1.165, 1.54) is 24.3 Å². The van der Waals surface area contributed by atoms with Gasteiger partial charge < -0.3 is 10.8 Å². The number of carbonyl (C=O) groups is 5. The summed E-state index contributed by atoms with van der Waals surface area (Å²) in [5.41, 5.74) is 3.25. The Bertz CT molecular complexity index is 1780. The second kappa shape index (κ2) is 9.72. The maximum absolute atomic E-state index is 15.0. The minimum Gasteiger partial charge on any atom is -0.508 e. The molecule has 0 aromatic heterocycles. The molecule has 6 amide bonds. The molecule has 2 heterocycles. The summed E-state index contributed by atoms with van der Waals surface area (Å²) < 4.78 is 72.7. The van der Waals surface area contributed by atoms with E-state index in [-0.39, 0.29) is 27.4 Å². The lowest BCUT2D eigenvalue weighted by Crippen LogP contribution is -2.60. The predicted molar refractivity (Wildman–Crippen MR) is 144 cm³/mol. The summed E-state index contributed by atoms with van der Waals surface area (Å²) in [4.78, 5) is 60.8. The number of nitrogens with zero attached hydrogens (tertiary/aromatic N) is 2. The van der Waals surface area contributed by atoms with Crippen molar-refractivity contribution < 1.29 is 51.0 Å². The number of alkyl halides is 2. The van der Waals surface area contributed by atoms with E-state index in [9.17, 15) is 42.3 Å². The average molecular weight is 723 g/mol. The average Bonchev–Trinajstić information content (AvgIpc) is 3.31. The van der Waals surface area contributed by atoms with Gasteiger partial charge in [-0.2, -0.15) is 4.90 Å². The van der Waals surface area contributed by atoms with Crippen molar-refractivity contribution in [2.45, 2.75) is 28.5 Å². The van der Waals surface area contributed by atoms with Gasteiger partial charge >= 0.3 is 6.03 Å². The van der Waals surface area contributed by atoms with Crippen LogP contribution in [0.15, 0.2) is 34.3 Å². The van der Waals surface area contributed by atoms with Crippen LogP contribution in [-0.2, 0) is 19.2 Å². The van der Waals surface area contributed by atoms with Crippen LogP contribution in [0.3, 0.4) is 0 Å². The zero-order chi connectivity index (χ0) is 32.4. The number of hydrogen-bond acceptors (Lipinski definition) is 6. The van der Waals surface area contributed by atoms with Gasteiger partial charge in [-0.3, -0.25) is 19.2 Å². The standard InChI is InChI=1S/C27H15BrCl2F5N3O6/c28-7-1-4-12(39)10(5-7)14-8-2-3-9-13(22(41)38(21(9)40)25(36)44)11(8)6-26(29)23(42)37(24(43)27(14,26)30)20-18(34)16(32)15(31)17(33)19(20)35/h1-2,4-5,9,11,13-14,39H,3,6H2,(H2,36,44). The normalized spacial score (nSPS) is 31.2. The number of primary amides is 1. The van der Waals surface area contributed by atoms with Crippen LogP contribution >= 0.6 is 39.1 Å². The molecule has 17 heteroatoms. The number of amides is 6. The topological polar surface area (TPSA) is 138 Å². The SMILES string of the molecule is NC(=O)N1C(=O)C2CC=C3C(CC4(Cl)C(=O)N(c5c(F)c(F)c(F)c(F)c5F)C(=O)C4(Cl)C3c3cc(Br)ccc3O)C2C1=O. The van der Waals surface area contributed by atoms with Crippen LogP contribution < -0.4 is 10.6 Å². The number of rotatable bonds is 2. The Kier molecular flexibility index (Phi) is 6.73. The van der Waals surface area contributed by atoms with Crippen molar-refractivity contribution in [3.05, 3.63) is 69.0 Å². The molecule has 2 aromatic rings. The number of likely N-dealkylation sites (tertiary alicyclic amines) is 1. The van der Waals surface area contributed by atoms with Gasteiger partial charge in [-0.15, -0.1) is 23.2 Å². The highest BCUT2D eigenvalue weighted by atomic mass is 79.9. The Morgan fingerprint density at radius 1 is 0.932 bits per heavy atom. The van der Waals surface area contributed by atoms with Crippen molar-refractivity contribution in [1.82, 2.24) is 4.90 Å². The highest BCUT2D eigenvalue weighted by Gasteiger charge is 2.77. The lowest BCUT2D eigenvalue weighted by molar-refractivity contribution is -0.136. The molecule has 2 aliphatic carbocycles. The van der Waals surface area contributed by atoms with Crippen LogP contribution in [0.1, 0.15) is 24.3 Å². The largest absolute Gasteiger partial charge is 0.508 e. The molecule has 3 N–H and O–H groups in total. The van der Waals surface area contributed by atoms with Crippen molar-refractivity contribution in [2.24, 2.45) is 23.5 Å². The van der Waals surface area contributed by atoms with Crippen molar-refractivity contribution >= 4 is 74.5 Å². The number of nitrogens with two attached hydrogens (primary N) is 1. The molecule has 6 rings (SSSR count). The number of allylic oxidation sites excluding steroid dienone is 2.